The van der Waals surface area contributed by atoms with E-state index >= 15 is 0 Å². The summed E-state index contributed by atoms with van der Waals surface area (Å²) in [4.78, 5) is 57.6. The van der Waals surface area contributed by atoms with Gasteiger partial charge in [0, 0.05) is 50.8 Å². The van der Waals surface area contributed by atoms with Crippen LogP contribution >= 0.6 is 0 Å². The van der Waals surface area contributed by atoms with Gasteiger partial charge in [-0.1, -0.05) is 74.5 Å². The third-order valence-corrected chi connectivity index (χ3v) is 9.63. The molecule has 3 atom stereocenters. The van der Waals surface area contributed by atoms with E-state index in [1.165, 1.54) is 7.05 Å². The van der Waals surface area contributed by atoms with E-state index in [2.05, 4.69) is 15.7 Å². The monoisotopic (exact) mass is 642 g/mol. The Morgan fingerprint density at radius 2 is 1.55 bits per heavy atom. The van der Waals surface area contributed by atoms with Crippen molar-refractivity contribution in [3.05, 3.63) is 89.7 Å². The van der Waals surface area contributed by atoms with Gasteiger partial charge in [0.05, 0.1) is 36.9 Å². The van der Waals surface area contributed by atoms with Crippen molar-refractivity contribution < 1.29 is 23.9 Å². The van der Waals surface area contributed by atoms with Crippen LogP contribution in [0, 0.1) is 17.3 Å². The van der Waals surface area contributed by atoms with E-state index in [1.807, 2.05) is 79.4 Å². The predicted octanol–water partition coefficient (Wildman–Crippen LogP) is 3.10. The minimum atomic E-state index is -0.948. The fourth-order valence-corrected chi connectivity index (χ4v) is 6.79. The zero-order valence-corrected chi connectivity index (χ0v) is 27.7. The number of nitrogens with one attached hydrogen (secondary N) is 2. The van der Waals surface area contributed by atoms with Crippen LogP contribution in [0.2, 0.25) is 0 Å². The van der Waals surface area contributed by atoms with E-state index < -0.39 is 23.5 Å². The fourth-order valence-electron chi connectivity index (χ4n) is 6.79. The van der Waals surface area contributed by atoms with Gasteiger partial charge in [0.1, 0.15) is 6.04 Å². The molecule has 11 heteroatoms. The first-order valence-corrected chi connectivity index (χ1v) is 16.5. The third kappa shape index (κ3) is 7.56. The highest BCUT2D eigenvalue weighted by atomic mass is 16.5. The number of hydrogen-bond acceptors (Lipinski definition) is 6. The molecule has 1 aromatic heterocycles. The van der Waals surface area contributed by atoms with Crippen molar-refractivity contribution in [1.82, 2.24) is 30.2 Å². The topological polar surface area (TPSA) is 126 Å². The lowest BCUT2D eigenvalue weighted by molar-refractivity contribution is -0.154. The number of carbonyl (C=O) groups excluding carboxylic acids is 4. The second kappa shape index (κ2) is 14.9. The molecule has 5 rings (SSSR count). The summed E-state index contributed by atoms with van der Waals surface area (Å²) in [7, 11) is 1.52. The average Bonchev–Trinajstić information content (AvgIpc) is 3.72. The number of likely N-dealkylation sites (tertiary alicyclic amines) is 2. The summed E-state index contributed by atoms with van der Waals surface area (Å²) in [5.74, 6) is -1.54. The van der Waals surface area contributed by atoms with Gasteiger partial charge >= 0.3 is 0 Å². The van der Waals surface area contributed by atoms with Gasteiger partial charge < -0.3 is 25.2 Å². The Balaban J connectivity index is 1.32. The van der Waals surface area contributed by atoms with Crippen LogP contribution in [0.4, 0.5) is 0 Å². The molecular weight excluding hydrogens is 596 g/mol. The second-order valence-corrected chi connectivity index (χ2v) is 12.8. The molecule has 250 valence electrons. The molecule has 2 aromatic carbocycles. The van der Waals surface area contributed by atoms with Crippen LogP contribution in [-0.2, 0) is 32.3 Å². The number of carbonyl (C=O) groups is 4. The summed E-state index contributed by atoms with van der Waals surface area (Å²) < 4.78 is 7.75. The second-order valence-electron chi connectivity index (χ2n) is 12.8. The number of likely N-dealkylation sites (N-methyl/N-ethyl adjacent to an activating group) is 1. The van der Waals surface area contributed by atoms with Crippen LogP contribution in [0.5, 0.6) is 0 Å². The van der Waals surface area contributed by atoms with Crippen LogP contribution in [-0.4, -0.2) is 88.6 Å². The van der Waals surface area contributed by atoms with Gasteiger partial charge in [-0.3, -0.25) is 23.9 Å². The van der Waals surface area contributed by atoms with Crippen molar-refractivity contribution in [2.45, 2.75) is 58.9 Å². The normalized spacial score (nSPS) is 18.1. The van der Waals surface area contributed by atoms with Crippen LogP contribution in [0.1, 0.15) is 55.1 Å². The van der Waals surface area contributed by atoms with E-state index in [1.54, 1.807) is 28.9 Å². The van der Waals surface area contributed by atoms with Crippen LogP contribution in [0.25, 0.3) is 0 Å². The minimum absolute atomic E-state index is 0.0746. The maximum absolute atomic E-state index is 14.1. The Bertz CT molecular complexity index is 1530. The molecule has 2 fully saturated rings. The molecule has 2 aliphatic rings. The highest BCUT2D eigenvalue weighted by Crippen LogP contribution is 2.45. The molecule has 0 aliphatic carbocycles. The largest absolute Gasteiger partial charge is 0.371 e. The summed E-state index contributed by atoms with van der Waals surface area (Å²) in [6, 6.07) is 18.5. The smallest absolute Gasteiger partial charge is 0.257 e. The molecular formula is C36H46N6O5. The van der Waals surface area contributed by atoms with E-state index in [0.717, 1.165) is 24.0 Å². The van der Waals surface area contributed by atoms with E-state index in [9.17, 15) is 19.2 Å². The molecule has 3 aromatic rings. The Morgan fingerprint density at radius 3 is 2.17 bits per heavy atom. The zero-order chi connectivity index (χ0) is 33.6. The first-order valence-electron chi connectivity index (χ1n) is 16.5. The zero-order valence-electron chi connectivity index (χ0n) is 27.7. The van der Waals surface area contributed by atoms with Gasteiger partial charge in [-0.15, -0.1) is 0 Å². The fraction of sp³-hybridized carbons (Fsp3) is 0.472. The molecule has 0 unspecified atom stereocenters. The number of hydrogen-bond donors (Lipinski definition) is 2. The lowest BCUT2D eigenvalue weighted by Gasteiger charge is -2.51. The third-order valence-electron chi connectivity index (χ3n) is 9.63. The number of amides is 4. The summed E-state index contributed by atoms with van der Waals surface area (Å²) >= 11 is 0. The molecule has 11 nitrogen and oxygen atoms in total. The molecule has 47 heavy (non-hydrogen) atoms. The molecule has 1 spiro atoms. The summed E-state index contributed by atoms with van der Waals surface area (Å²) in [6.07, 6.45) is 4.15. The molecule has 2 N–H and O–H groups in total. The average molecular weight is 643 g/mol. The highest BCUT2D eigenvalue weighted by Gasteiger charge is 2.59. The van der Waals surface area contributed by atoms with Gasteiger partial charge in [0.15, 0.2) is 0 Å². The Labute approximate surface area is 276 Å². The van der Waals surface area contributed by atoms with E-state index in [4.69, 9.17) is 4.74 Å². The number of ether oxygens (including phenoxy) is 1. The number of rotatable bonds is 13. The first-order chi connectivity index (χ1) is 22.7. The summed E-state index contributed by atoms with van der Waals surface area (Å²) in [5.41, 5.74) is 1.83. The van der Waals surface area contributed by atoms with Crippen molar-refractivity contribution in [3.63, 3.8) is 0 Å². The van der Waals surface area contributed by atoms with Crippen LogP contribution < -0.4 is 10.6 Å². The summed E-state index contributed by atoms with van der Waals surface area (Å²) in [5, 5.41) is 10.0. The maximum atomic E-state index is 14.1. The molecule has 3 heterocycles. The quantitative estimate of drug-likeness (QED) is 0.295. The predicted molar refractivity (Wildman–Crippen MR) is 177 cm³/mol. The summed E-state index contributed by atoms with van der Waals surface area (Å²) in [6.45, 7) is 7.83. The molecule has 4 amide bonds. The Hall–Kier alpha value is -4.51. The Morgan fingerprint density at radius 1 is 0.936 bits per heavy atom. The van der Waals surface area contributed by atoms with Crippen LogP contribution in [0.3, 0.4) is 0 Å². The number of aromatic nitrogens is 2. The lowest BCUT2D eigenvalue weighted by atomic mass is 9.70. The van der Waals surface area contributed by atoms with E-state index in [0.29, 0.717) is 31.7 Å². The maximum Gasteiger partial charge on any atom is 0.257 e. The standard InChI is InChI=1S/C36H46N6O5/c1-5-28(6-2)34(45)41-23-36(24-41)22-40(35(46)29-17-38-42(19-29)18-26-13-9-7-10-14-26)20-30(36)32(43)39-31(33(44)37-4)25(3)47-21-27-15-11-8-12-16-27/h7-17,19,25,28,30-31H,5-6,18,20-24H2,1-4H3,(H,37,44)(H,39,43)/t25-,30-,31+/m1/s1. The molecule has 0 saturated carbocycles. The molecule has 2 aliphatic heterocycles. The highest BCUT2D eigenvalue weighted by molar-refractivity contribution is 5.95. The lowest BCUT2D eigenvalue weighted by Crippen LogP contribution is -2.66. The SMILES string of the molecule is CCC(CC)C(=O)N1CC2(CN(C(=O)c3cnn(Cc4ccccc4)c3)C[C@@H]2C(=O)N[C@H](C(=O)NC)[C@@H](C)OCc2ccccc2)C1. The molecule has 0 bridgehead atoms. The van der Waals surface area contributed by atoms with Gasteiger partial charge in [-0.05, 0) is 30.9 Å². The van der Waals surface area contributed by atoms with Crippen LogP contribution in [0.15, 0.2) is 73.1 Å². The van der Waals surface area contributed by atoms with Gasteiger partial charge in [0.2, 0.25) is 17.7 Å². The molecule has 0 radical (unpaired) electrons. The Kier molecular flexibility index (Phi) is 10.8. The first kappa shape index (κ1) is 33.8. The van der Waals surface area contributed by atoms with Gasteiger partial charge in [-0.25, -0.2) is 0 Å². The van der Waals surface area contributed by atoms with Crippen molar-refractivity contribution in [2.75, 3.05) is 33.2 Å². The van der Waals surface area contributed by atoms with Gasteiger partial charge in [0.25, 0.3) is 5.91 Å². The van der Waals surface area contributed by atoms with Crippen molar-refractivity contribution in [1.29, 1.82) is 0 Å². The van der Waals surface area contributed by atoms with Crippen molar-refractivity contribution in [3.8, 4) is 0 Å². The minimum Gasteiger partial charge on any atom is -0.371 e. The van der Waals surface area contributed by atoms with E-state index in [-0.39, 0.29) is 42.7 Å². The molecule has 2 saturated heterocycles. The number of benzene rings is 2. The van der Waals surface area contributed by atoms with Gasteiger partial charge in [-0.2, -0.15) is 5.10 Å². The van der Waals surface area contributed by atoms with Crippen molar-refractivity contribution in [2.24, 2.45) is 17.3 Å². The number of nitrogens with zero attached hydrogens (tertiary/aromatic N) is 4. The van der Waals surface area contributed by atoms with Crippen molar-refractivity contribution >= 4 is 23.6 Å².